The summed E-state index contributed by atoms with van der Waals surface area (Å²) in [6, 6.07) is 19.4. The molecule has 0 radical (unpaired) electrons. The van der Waals surface area contributed by atoms with Crippen molar-refractivity contribution in [1.29, 1.82) is 0 Å². The number of ether oxygens (including phenoxy) is 1. The summed E-state index contributed by atoms with van der Waals surface area (Å²) < 4.78 is 4.78. The van der Waals surface area contributed by atoms with Crippen molar-refractivity contribution in [2.45, 2.75) is 38.8 Å². The van der Waals surface area contributed by atoms with Gasteiger partial charge < -0.3 is 15.0 Å². The van der Waals surface area contributed by atoms with Crippen LogP contribution in [0.2, 0.25) is 0 Å². The number of aromatic nitrogens is 1. The van der Waals surface area contributed by atoms with Crippen LogP contribution in [-0.2, 0) is 11.2 Å². The summed E-state index contributed by atoms with van der Waals surface area (Å²) in [6.07, 6.45) is 2.00. The summed E-state index contributed by atoms with van der Waals surface area (Å²) in [6.45, 7) is 4.41. The van der Waals surface area contributed by atoms with E-state index in [4.69, 9.17) is 4.74 Å². The van der Waals surface area contributed by atoms with Crippen LogP contribution in [0.3, 0.4) is 0 Å². The van der Waals surface area contributed by atoms with Crippen LogP contribution in [0.1, 0.15) is 47.9 Å². The van der Waals surface area contributed by atoms with E-state index in [9.17, 15) is 4.79 Å². The summed E-state index contributed by atoms with van der Waals surface area (Å²) in [5.74, 6) is -0.340. The second kappa shape index (κ2) is 8.19. The van der Waals surface area contributed by atoms with Gasteiger partial charge in [-0.05, 0) is 49.1 Å². The molecule has 1 aromatic heterocycles. The molecule has 0 bridgehead atoms. The number of hydrogen-bond donors (Lipinski definition) is 2. The van der Waals surface area contributed by atoms with Crippen LogP contribution in [0.25, 0.3) is 10.9 Å². The smallest absolute Gasteiger partial charge is 0.354 e. The highest BCUT2D eigenvalue weighted by atomic mass is 16.5. The predicted molar refractivity (Wildman–Crippen MR) is 105 cm³/mol. The van der Waals surface area contributed by atoms with Crippen molar-refractivity contribution in [3.05, 3.63) is 71.4 Å². The average molecular weight is 350 g/mol. The molecule has 0 spiro atoms. The molecule has 0 aliphatic rings. The zero-order valence-electron chi connectivity index (χ0n) is 15.6. The van der Waals surface area contributed by atoms with Crippen LogP contribution in [0.4, 0.5) is 0 Å². The van der Waals surface area contributed by atoms with Crippen molar-refractivity contribution in [2.24, 2.45) is 0 Å². The number of carbonyl (C=O) groups is 1. The molecule has 3 rings (SSSR count). The average Bonchev–Trinajstić information content (AvgIpc) is 3.10. The molecule has 0 aliphatic carbocycles. The number of esters is 1. The van der Waals surface area contributed by atoms with Gasteiger partial charge in [-0.1, -0.05) is 43.3 Å². The molecular weight excluding hydrogens is 324 g/mol. The van der Waals surface area contributed by atoms with Crippen molar-refractivity contribution < 1.29 is 9.53 Å². The van der Waals surface area contributed by atoms with Crippen molar-refractivity contribution in [1.82, 2.24) is 10.3 Å². The number of carbonyl (C=O) groups excluding carboxylic acids is 1. The first-order chi connectivity index (χ1) is 12.6. The van der Waals surface area contributed by atoms with E-state index in [0.717, 1.165) is 23.7 Å². The van der Waals surface area contributed by atoms with E-state index in [0.29, 0.717) is 17.8 Å². The van der Waals surface area contributed by atoms with E-state index in [2.05, 4.69) is 60.5 Å². The van der Waals surface area contributed by atoms with Gasteiger partial charge in [-0.25, -0.2) is 4.79 Å². The molecule has 0 fully saturated rings. The van der Waals surface area contributed by atoms with Crippen LogP contribution in [0.5, 0.6) is 0 Å². The molecule has 2 atom stereocenters. The summed E-state index contributed by atoms with van der Waals surface area (Å²) in [7, 11) is 1.39. The van der Waals surface area contributed by atoms with Gasteiger partial charge in [0.2, 0.25) is 0 Å². The largest absolute Gasteiger partial charge is 0.464 e. The lowest BCUT2D eigenvalue weighted by atomic mass is 10.0. The number of nitrogens with one attached hydrogen (secondary N) is 2. The fourth-order valence-corrected chi connectivity index (χ4v) is 3.33. The Bertz CT molecular complexity index is 870. The van der Waals surface area contributed by atoms with Gasteiger partial charge in [-0.2, -0.15) is 0 Å². The quantitative estimate of drug-likeness (QED) is 0.611. The summed E-state index contributed by atoms with van der Waals surface area (Å²) in [5, 5.41) is 4.77. The lowest BCUT2D eigenvalue weighted by Crippen LogP contribution is -2.32. The van der Waals surface area contributed by atoms with Crippen molar-refractivity contribution in [3.63, 3.8) is 0 Å². The molecule has 4 nitrogen and oxygen atoms in total. The molecule has 2 aromatic carbocycles. The molecule has 1 heterocycles. The number of methoxy groups -OCH3 is 1. The molecular formula is C22H26N2O2. The second-order valence-corrected chi connectivity index (χ2v) is 6.70. The number of H-pyrrole nitrogens is 1. The Balaban J connectivity index is 1.72. The maximum Gasteiger partial charge on any atom is 0.354 e. The first kappa shape index (κ1) is 18.2. The van der Waals surface area contributed by atoms with Gasteiger partial charge in [-0.3, -0.25) is 0 Å². The van der Waals surface area contributed by atoms with Crippen LogP contribution in [0.15, 0.2) is 54.6 Å². The molecule has 0 aliphatic heterocycles. The standard InChI is InChI=1S/C22H26N2O2/c1-4-19(23-15(2)17-8-6-5-7-9-17)13-16-10-11-20-18(12-16)14-21(24-20)22(25)26-3/h5-12,14-15,19,23-24H,4,13H2,1-3H3/t15-,19-/m1/s1. The van der Waals surface area contributed by atoms with Crippen LogP contribution >= 0.6 is 0 Å². The van der Waals surface area contributed by atoms with E-state index in [1.54, 1.807) is 0 Å². The van der Waals surface area contributed by atoms with Gasteiger partial charge in [0.1, 0.15) is 5.69 Å². The molecule has 4 heteroatoms. The summed E-state index contributed by atoms with van der Waals surface area (Å²) in [4.78, 5) is 14.8. The highest BCUT2D eigenvalue weighted by Crippen LogP contribution is 2.20. The minimum absolute atomic E-state index is 0.308. The maximum absolute atomic E-state index is 11.7. The zero-order valence-corrected chi connectivity index (χ0v) is 15.6. The first-order valence-electron chi connectivity index (χ1n) is 9.11. The van der Waals surface area contributed by atoms with Gasteiger partial charge in [0.05, 0.1) is 7.11 Å². The van der Waals surface area contributed by atoms with E-state index < -0.39 is 0 Å². The van der Waals surface area contributed by atoms with Crippen LogP contribution < -0.4 is 5.32 Å². The normalized spacial score (nSPS) is 13.5. The fraction of sp³-hybridized carbons (Fsp3) is 0.318. The predicted octanol–water partition coefficient (Wildman–Crippen LogP) is 4.63. The number of fused-ring (bicyclic) bond motifs is 1. The van der Waals surface area contributed by atoms with Crippen LogP contribution in [0, 0.1) is 0 Å². The van der Waals surface area contributed by atoms with E-state index in [1.165, 1.54) is 18.2 Å². The Hall–Kier alpha value is -2.59. The lowest BCUT2D eigenvalue weighted by molar-refractivity contribution is 0.0595. The lowest BCUT2D eigenvalue weighted by Gasteiger charge is -2.23. The third kappa shape index (κ3) is 4.14. The fourth-order valence-electron chi connectivity index (χ4n) is 3.33. The van der Waals surface area contributed by atoms with Crippen molar-refractivity contribution in [2.75, 3.05) is 7.11 Å². The first-order valence-corrected chi connectivity index (χ1v) is 9.11. The van der Waals surface area contributed by atoms with Crippen LogP contribution in [-0.4, -0.2) is 24.1 Å². The second-order valence-electron chi connectivity index (χ2n) is 6.70. The zero-order chi connectivity index (χ0) is 18.5. The third-order valence-electron chi connectivity index (χ3n) is 4.85. The number of aromatic amines is 1. The van der Waals surface area contributed by atoms with Gasteiger partial charge in [0.15, 0.2) is 0 Å². The monoisotopic (exact) mass is 350 g/mol. The Morgan fingerprint density at radius 3 is 2.62 bits per heavy atom. The highest BCUT2D eigenvalue weighted by Gasteiger charge is 2.14. The number of benzene rings is 2. The number of rotatable bonds is 7. The van der Waals surface area contributed by atoms with Gasteiger partial charge in [-0.15, -0.1) is 0 Å². The molecule has 0 saturated heterocycles. The van der Waals surface area contributed by atoms with E-state index in [-0.39, 0.29) is 5.97 Å². The summed E-state index contributed by atoms with van der Waals surface area (Å²) >= 11 is 0. The Morgan fingerprint density at radius 2 is 1.92 bits per heavy atom. The van der Waals surface area contributed by atoms with Crippen molar-refractivity contribution in [3.8, 4) is 0 Å². The Kier molecular flexibility index (Phi) is 5.74. The topological polar surface area (TPSA) is 54.1 Å². The third-order valence-corrected chi connectivity index (χ3v) is 4.85. The molecule has 0 amide bonds. The van der Waals surface area contributed by atoms with Gasteiger partial charge >= 0.3 is 5.97 Å². The van der Waals surface area contributed by atoms with E-state index >= 15 is 0 Å². The minimum atomic E-state index is -0.340. The minimum Gasteiger partial charge on any atom is -0.464 e. The number of hydrogen-bond acceptors (Lipinski definition) is 3. The maximum atomic E-state index is 11.7. The molecule has 0 unspecified atom stereocenters. The van der Waals surface area contributed by atoms with Gasteiger partial charge in [0, 0.05) is 23.0 Å². The summed E-state index contributed by atoms with van der Waals surface area (Å²) in [5.41, 5.74) is 4.00. The SMILES string of the molecule is CC[C@H](Cc1ccc2[nH]c(C(=O)OC)cc2c1)N[C@H](C)c1ccccc1. The van der Waals surface area contributed by atoms with E-state index in [1.807, 2.05) is 18.2 Å². The molecule has 26 heavy (non-hydrogen) atoms. The molecule has 3 aromatic rings. The van der Waals surface area contributed by atoms with Gasteiger partial charge in [0.25, 0.3) is 0 Å². The Morgan fingerprint density at radius 1 is 1.15 bits per heavy atom. The Labute approximate surface area is 154 Å². The molecule has 0 saturated carbocycles. The highest BCUT2D eigenvalue weighted by molar-refractivity contribution is 5.94. The van der Waals surface area contributed by atoms with Crippen molar-refractivity contribution >= 4 is 16.9 Å². The molecule has 2 N–H and O–H groups in total. The molecule has 136 valence electrons.